The molecule has 8 heteroatoms. The van der Waals surface area contributed by atoms with Crippen LogP contribution in [0.1, 0.15) is 18.0 Å². The maximum Gasteiger partial charge on any atom is 0.326 e. The van der Waals surface area contributed by atoms with Gasteiger partial charge >= 0.3 is 5.97 Å². The predicted octanol–water partition coefficient (Wildman–Crippen LogP) is 1.24. The van der Waals surface area contributed by atoms with Crippen molar-refractivity contribution in [3.8, 4) is 5.75 Å². The highest BCUT2D eigenvalue weighted by Gasteiger charge is 2.67. The van der Waals surface area contributed by atoms with Crippen LogP contribution in [0.3, 0.4) is 0 Å². The summed E-state index contributed by atoms with van der Waals surface area (Å²) >= 11 is 1.58. The molecule has 0 aromatic heterocycles. The van der Waals surface area contributed by atoms with Gasteiger partial charge in [-0.25, -0.2) is 0 Å². The molecule has 0 bridgehead atoms. The number of hydrogen-bond acceptors (Lipinski definition) is 7. The van der Waals surface area contributed by atoms with Gasteiger partial charge in [-0.2, -0.15) is 11.8 Å². The highest BCUT2D eigenvalue weighted by molar-refractivity contribution is 7.98. The molecule has 0 aliphatic carbocycles. The van der Waals surface area contributed by atoms with Crippen LogP contribution in [0.4, 0.5) is 0 Å². The number of likely N-dealkylation sites (tertiary alicyclic amines) is 1. The summed E-state index contributed by atoms with van der Waals surface area (Å²) in [6.07, 6.45) is 2.34. The Kier molecular flexibility index (Phi) is 5.48. The molecule has 2 saturated heterocycles. The first kappa shape index (κ1) is 19.7. The Labute approximate surface area is 162 Å². The first-order valence-corrected chi connectivity index (χ1v) is 10.1. The van der Waals surface area contributed by atoms with Crippen LogP contribution in [0.15, 0.2) is 24.3 Å². The second-order valence-corrected chi connectivity index (χ2v) is 7.83. The zero-order valence-electron chi connectivity index (χ0n) is 15.9. The molecular formula is C19H24N2O5S. The molecule has 2 aliphatic rings. The van der Waals surface area contributed by atoms with Crippen molar-refractivity contribution in [1.29, 1.82) is 0 Å². The summed E-state index contributed by atoms with van der Waals surface area (Å²) in [6.45, 7) is 0. The number of imide groups is 1. The van der Waals surface area contributed by atoms with Crippen molar-refractivity contribution in [1.82, 2.24) is 10.2 Å². The number of benzene rings is 1. The van der Waals surface area contributed by atoms with Gasteiger partial charge in [0.25, 0.3) is 0 Å². The number of carbonyl (C=O) groups is 3. The minimum Gasteiger partial charge on any atom is -0.497 e. The Morgan fingerprint density at radius 1 is 1.22 bits per heavy atom. The third kappa shape index (κ3) is 3.00. The third-order valence-electron chi connectivity index (χ3n) is 5.60. The van der Waals surface area contributed by atoms with Gasteiger partial charge in [-0.1, -0.05) is 12.1 Å². The molecule has 0 spiro atoms. The van der Waals surface area contributed by atoms with Gasteiger partial charge in [-0.15, -0.1) is 0 Å². The summed E-state index contributed by atoms with van der Waals surface area (Å²) in [7, 11) is 4.37. The van der Waals surface area contributed by atoms with Crippen LogP contribution in [0.5, 0.6) is 5.75 Å². The summed E-state index contributed by atoms with van der Waals surface area (Å²) in [5, 5.41) is 3.33. The van der Waals surface area contributed by atoms with E-state index < -0.39 is 29.4 Å². The van der Waals surface area contributed by atoms with Gasteiger partial charge in [0.15, 0.2) is 0 Å². The molecule has 27 heavy (non-hydrogen) atoms. The van der Waals surface area contributed by atoms with Crippen molar-refractivity contribution in [2.24, 2.45) is 11.8 Å². The van der Waals surface area contributed by atoms with Crippen LogP contribution in [-0.2, 0) is 19.1 Å². The minimum atomic E-state index is -1.22. The molecule has 1 aromatic rings. The number of esters is 1. The summed E-state index contributed by atoms with van der Waals surface area (Å²) in [5.74, 6) is -1.17. The number of fused-ring (bicyclic) bond motifs is 1. The molecule has 4 atom stereocenters. The normalized spacial score (nSPS) is 29.8. The minimum absolute atomic E-state index is 0.270. The Morgan fingerprint density at radius 3 is 2.44 bits per heavy atom. The van der Waals surface area contributed by atoms with Crippen LogP contribution >= 0.6 is 11.8 Å². The number of methoxy groups -OCH3 is 2. The van der Waals surface area contributed by atoms with Gasteiger partial charge in [0.05, 0.1) is 26.1 Å². The van der Waals surface area contributed by atoms with E-state index in [0.29, 0.717) is 17.9 Å². The van der Waals surface area contributed by atoms with E-state index in [2.05, 4.69) is 5.32 Å². The number of carbonyl (C=O) groups excluding carboxylic acids is 3. The van der Waals surface area contributed by atoms with Crippen LogP contribution in [0.25, 0.3) is 0 Å². The fourth-order valence-electron chi connectivity index (χ4n) is 4.21. The van der Waals surface area contributed by atoms with Crippen LogP contribution in [-0.4, -0.2) is 61.5 Å². The standard InChI is InChI=1S/C19H24N2O5S/c1-21-16(22)13-14(17(21)23)19(9-10-27-4,18(24)26-3)20-15(13)11-5-7-12(25-2)8-6-11/h5-8,13-15,20H,9-10H2,1-4H3. The predicted molar refractivity (Wildman–Crippen MR) is 101 cm³/mol. The summed E-state index contributed by atoms with van der Waals surface area (Å²) in [5.41, 5.74) is -0.387. The van der Waals surface area contributed by atoms with Crippen LogP contribution in [0, 0.1) is 11.8 Å². The number of hydrogen-bond donors (Lipinski definition) is 1. The number of rotatable bonds is 6. The first-order chi connectivity index (χ1) is 12.9. The van der Waals surface area contributed by atoms with Gasteiger partial charge in [0.2, 0.25) is 11.8 Å². The van der Waals surface area contributed by atoms with E-state index in [1.54, 1.807) is 31.0 Å². The molecule has 2 amide bonds. The quantitative estimate of drug-likeness (QED) is 0.576. The van der Waals surface area contributed by atoms with E-state index in [9.17, 15) is 14.4 Å². The molecule has 2 heterocycles. The highest BCUT2D eigenvalue weighted by atomic mass is 32.2. The van der Waals surface area contributed by atoms with Gasteiger partial charge in [-0.3, -0.25) is 24.6 Å². The number of amides is 2. The molecule has 1 aromatic carbocycles. The van der Waals surface area contributed by atoms with E-state index in [4.69, 9.17) is 9.47 Å². The maximum absolute atomic E-state index is 12.9. The second kappa shape index (κ2) is 7.52. The Morgan fingerprint density at radius 2 is 1.89 bits per heavy atom. The molecule has 2 fully saturated rings. The SMILES string of the molecule is COC(=O)C1(CCSC)NC(c2ccc(OC)cc2)C2C(=O)N(C)C(=O)C21. The molecule has 7 nitrogen and oxygen atoms in total. The molecule has 0 radical (unpaired) electrons. The van der Waals surface area contributed by atoms with Gasteiger partial charge in [0, 0.05) is 13.1 Å². The number of thioether (sulfide) groups is 1. The fourth-order valence-corrected chi connectivity index (χ4v) is 4.74. The van der Waals surface area contributed by atoms with Crippen LogP contribution < -0.4 is 10.1 Å². The van der Waals surface area contributed by atoms with Crippen molar-refractivity contribution in [2.75, 3.05) is 33.3 Å². The molecule has 4 unspecified atom stereocenters. The van der Waals surface area contributed by atoms with Gasteiger partial charge in [0.1, 0.15) is 11.3 Å². The lowest BCUT2D eigenvalue weighted by Crippen LogP contribution is -2.56. The Bertz CT molecular complexity index is 753. The summed E-state index contributed by atoms with van der Waals surface area (Å²) in [4.78, 5) is 39.7. The molecule has 0 saturated carbocycles. The zero-order valence-corrected chi connectivity index (χ0v) is 16.7. The van der Waals surface area contributed by atoms with E-state index in [1.807, 2.05) is 18.4 Å². The highest BCUT2D eigenvalue weighted by Crippen LogP contribution is 2.50. The number of nitrogens with one attached hydrogen (secondary N) is 1. The Balaban J connectivity index is 2.09. The lowest BCUT2D eigenvalue weighted by atomic mass is 9.78. The van der Waals surface area contributed by atoms with Crippen LogP contribution in [0.2, 0.25) is 0 Å². The molecule has 146 valence electrons. The molecule has 1 N–H and O–H groups in total. The van der Waals surface area contributed by atoms with E-state index >= 15 is 0 Å². The summed E-state index contributed by atoms with van der Waals surface area (Å²) in [6, 6.07) is 6.86. The number of ether oxygens (including phenoxy) is 2. The third-order valence-corrected chi connectivity index (χ3v) is 6.21. The monoisotopic (exact) mass is 392 g/mol. The number of nitrogens with zero attached hydrogens (tertiary/aromatic N) is 1. The first-order valence-electron chi connectivity index (χ1n) is 8.71. The zero-order chi connectivity index (χ0) is 19.8. The van der Waals surface area contributed by atoms with Crippen molar-refractivity contribution < 1.29 is 23.9 Å². The Hall–Kier alpha value is -2.06. The van der Waals surface area contributed by atoms with Gasteiger partial charge < -0.3 is 9.47 Å². The molecule has 2 aliphatic heterocycles. The average Bonchev–Trinajstić information content (AvgIpc) is 3.16. The van der Waals surface area contributed by atoms with Crippen molar-refractivity contribution in [2.45, 2.75) is 18.0 Å². The molecule has 3 rings (SSSR count). The molecular weight excluding hydrogens is 368 g/mol. The van der Waals surface area contributed by atoms with Crippen molar-refractivity contribution >= 4 is 29.5 Å². The smallest absolute Gasteiger partial charge is 0.326 e. The largest absolute Gasteiger partial charge is 0.497 e. The van der Waals surface area contributed by atoms with Gasteiger partial charge in [-0.05, 0) is 36.1 Å². The topological polar surface area (TPSA) is 84.9 Å². The van der Waals surface area contributed by atoms with E-state index in [0.717, 1.165) is 10.5 Å². The fraction of sp³-hybridized carbons (Fsp3) is 0.526. The second-order valence-electron chi connectivity index (χ2n) is 6.84. The average molecular weight is 392 g/mol. The summed E-state index contributed by atoms with van der Waals surface area (Å²) < 4.78 is 10.3. The van der Waals surface area contributed by atoms with Crippen molar-refractivity contribution in [3.05, 3.63) is 29.8 Å². The lowest BCUT2D eigenvalue weighted by molar-refractivity contribution is -0.154. The maximum atomic E-state index is 12.9. The van der Waals surface area contributed by atoms with E-state index in [1.165, 1.54) is 14.2 Å². The lowest BCUT2D eigenvalue weighted by Gasteiger charge is -2.32. The van der Waals surface area contributed by atoms with E-state index in [-0.39, 0.29) is 11.8 Å². The van der Waals surface area contributed by atoms with Crippen molar-refractivity contribution in [3.63, 3.8) is 0 Å².